The number of aromatic amines is 1. The van der Waals surface area contributed by atoms with Crippen molar-refractivity contribution in [3.63, 3.8) is 0 Å². The van der Waals surface area contributed by atoms with E-state index in [4.69, 9.17) is 24.5 Å². The first kappa shape index (κ1) is 34.7. The zero-order valence-electron chi connectivity index (χ0n) is 26.9. The molecule has 1 amide bonds. The second-order valence-corrected chi connectivity index (χ2v) is 11.6. The van der Waals surface area contributed by atoms with Crippen molar-refractivity contribution in [3.8, 4) is 22.6 Å². The van der Waals surface area contributed by atoms with Gasteiger partial charge in [-0.1, -0.05) is 30.3 Å². The molecule has 0 atom stereocenters. The highest BCUT2D eigenvalue weighted by Crippen LogP contribution is 2.36. The summed E-state index contributed by atoms with van der Waals surface area (Å²) in [5.41, 5.74) is 4.55. The summed E-state index contributed by atoms with van der Waals surface area (Å²) in [5, 5.41) is 28.3. The Hall–Kier alpha value is -5.16. The van der Waals surface area contributed by atoms with Crippen LogP contribution in [0.25, 0.3) is 11.1 Å². The van der Waals surface area contributed by atoms with Crippen LogP contribution in [0.5, 0.6) is 11.5 Å². The lowest BCUT2D eigenvalue weighted by atomic mass is 9.72. The predicted molar refractivity (Wildman–Crippen MR) is 182 cm³/mol. The number of carboxylic acids is 2. The number of H-pyrrole nitrogens is 1. The Morgan fingerprint density at radius 1 is 0.830 bits per heavy atom. The maximum atomic E-state index is 13.8. The summed E-state index contributed by atoms with van der Waals surface area (Å²) < 4.78 is 6.16. The van der Waals surface area contributed by atoms with E-state index in [-0.39, 0.29) is 5.91 Å². The van der Waals surface area contributed by atoms with Crippen LogP contribution in [0.4, 0.5) is 11.4 Å². The molecule has 2 aliphatic heterocycles. The fraction of sp³-hybridized carbons (Fsp3) is 0.333. The van der Waals surface area contributed by atoms with E-state index in [1.54, 1.807) is 6.20 Å². The van der Waals surface area contributed by atoms with E-state index in [1.807, 2.05) is 42.6 Å². The van der Waals surface area contributed by atoms with Crippen LogP contribution in [-0.2, 0) is 19.8 Å². The number of aliphatic carboxylic acids is 2. The maximum Gasteiger partial charge on any atom is 0.300 e. The number of ether oxygens (including phenoxy) is 1. The Morgan fingerprint density at radius 3 is 2.06 bits per heavy atom. The first-order valence-electron chi connectivity index (χ1n) is 15.8. The van der Waals surface area contributed by atoms with Crippen LogP contribution >= 0.6 is 0 Å². The van der Waals surface area contributed by atoms with Crippen molar-refractivity contribution in [2.45, 2.75) is 51.4 Å². The summed E-state index contributed by atoms with van der Waals surface area (Å²) in [4.78, 5) is 34.2. The number of anilines is 2. The Labute approximate surface area is 275 Å². The van der Waals surface area contributed by atoms with Gasteiger partial charge in [0.15, 0.2) is 0 Å². The molecule has 0 unspecified atom stereocenters. The molecule has 6 rings (SSSR count). The van der Waals surface area contributed by atoms with E-state index >= 15 is 0 Å². The van der Waals surface area contributed by atoms with Gasteiger partial charge in [0, 0.05) is 56.1 Å². The molecule has 0 saturated carbocycles. The molecule has 1 aromatic heterocycles. The fourth-order valence-electron chi connectivity index (χ4n) is 5.78. The molecule has 2 aliphatic rings. The zero-order valence-corrected chi connectivity index (χ0v) is 26.9. The van der Waals surface area contributed by atoms with E-state index in [1.165, 1.54) is 24.9 Å². The van der Waals surface area contributed by atoms with Gasteiger partial charge in [-0.2, -0.15) is 5.10 Å². The Kier molecular flexibility index (Phi) is 12.5. The normalized spacial score (nSPS) is 15.1. The number of carbonyl (C=O) groups is 3. The van der Waals surface area contributed by atoms with Crippen molar-refractivity contribution < 1.29 is 29.3 Å². The van der Waals surface area contributed by atoms with Gasteiger partial charge < -0.3 is 30.5 Å². The van der Waals surface area contributed by atoms with Crippen LogP contribution in [0.2, 0.25) is 0 Å². The fourth-order valence-corrected chi connectivity index (χ4v) is 5.78. The zero-order chi connectivity index (χ0) is 33.6. The molecule has 11 nitrogen and oxygen atoms in total. The Morgan fingerprint density at radius 2 is 1.47 bits per heavy atom. The minimum absolute atomic E-state index is 0.0305. The highest BCUT2D eigenvalue weighted by atomic mass is 16.5. The highest BCUT2D eigenvalue weighted by Gasteiger charge is 2.41. The van der Waals surface area contributed by atoms with Crippen molar-refractivity contribution >= 4 is 29.2 Å². The lowest BCUT2D eigenvalue weighted by Crippen LogP contribution is -2.48. The van der Waals surface area contributed by atoms with E-state index in [0.29, 0.717) is 0 Å². The third kappa shape index (κ3) is 10.2. The van der Waals surface area contributed by atoms with Gasteiger partial charge in [-0.05, 0) is 92.7 Å². The van der Waals surface area contributed by atoms with E-state index in [9.17, 15) is 4.79 Å². The van der Waals surface area contributed by atoms with Gasteiger partial charge in [0.2, 0.25) is 5.91 Å². The number of amides is 1. The molecule has 3 heterocycles. The minimum Gasteiger partial charge on any atom is -0.481 e. The second kappa shape index (κ2) is 17.0. The van der Waals surface area contributed by atoms with Gasteiger partial charge in [0.1, 0.15) is 11.5 Å². The van der Waals surface area contributed by atoms with Gasteiger partial charge in [0.25, 0.3) is 11.9 Å². The van der Waals surface area contributed by atoms with E-state index < -0.39 is 17.4 Å². The van der Waals surface area contributed by atoms with Gasteiger partial charge in [0.05, 0.1) is 11.6 Å². The molecule has 0 spiro atoms. The maximum absolute atomic E-state index is 13.8. The molecule has 3 aromatic carbocycles. The van der Waals surface area contributed by atoms with E-state index in [2.05, 4.69) is 62.1 Å². The van der Waals surface area contributed by atoms with Gasteiger partial charge in [-0.15, -0.1) is 0 Å². The topological polar surface area (TPSA) is 157 Å². The van der Waals surface area contributed by atoms with Crippen molar-refractivity contribution in [2.24, 2.45) is 0 Å². The Bertz CT molecular complexity index is 1560. The van der Waals surface area contributed by atoms with Crippen molar-refractivity contribution in [3.05, 3.63) is 90.8 Å². The first-order chi connectivity index (χ1) is 22.7. The number of nitrogens with zero attached hydrogens (tertiary/aromatic N) is 2. The number of carbonyl (C=O) groups excluding carboxylic acids is 1. The molecule has 47 heavy (non-hydrogen) atoms. The van der Waals surface area contributed by atoms with Crippen LogP contribution in [-0.4, -0.2) is 64.4 Å². The summed E-state index contributed by atoms with van der Waals surface area (Å²) in [6.45, 7) is 5.98. The van der Waals surface area contributed by atoms with Gasteiger partial charge in [-0.3, -0.25) is 19.5 Å². The molecule has 248 valence electrons. The van der Waals surface area contributed by atoms with Crippen LogP contribution in [0.15, 0.2) is 85.2 Å². The summed E-state index contributed by atoms with van der Waals surface area (Å²) in [7, 11) is 0. The third-order valence-corrected chi connectivity index (χ3v) is 8.05. The average molecular weight is 642 g/mol. The largest absolute Gasteiger partial charge is 0.481 e. The smallest absolute Gasteiger partial charge is 0.300 e. The quantitative estimate of drug-likeness (QED) is 0.156. The number of nitrogens with one attached hydrogen (secondary N) is 3. The van der Waals surface area contributed by atoms with Crippen LogP contribution in [0, 0.1) is 0 Å². The number of aromatic nitrogens is 2. The minimum atomic E-state index is -0.833. The standard InChI is InChI=1S/C32H35N5O2.2C2H4O2/c38-31(32(15-17-33-18-16-32)26-9-7-24(8-10-26)25-22-34-35-23-25)36-27-11-13-29(14-12-27)39-30-6-4-5-28(21-30)37-19-2-1-3-20-37;2*1-2(3)4/h4-14,21-23,33H,1-3,15-20H2,(H,34,35)(H,36,38);2*1H3,(H,3,4). The Balaban J connectivity index is 0.000000564. The molecule has 5 N–H and O–H groups in total. The van der Waals surface area contributed by atoms with Crippen molar-refractivity contribution in [2.75, 3.05) is 36.4 Å². The molecule has 2 fully saturated rings. The summed E-state index contributed by atoms with van der Waals surface area (Å²) in [6.07, 6.45) is 8.98. The third-order valence-electron chi connectivity index (χ3n) is 8.05. The number of rotatable bonds is 7. The lowest BCUT2D eigenvalue weighted by molar-refractivity contribution is -0.135. The van der Waals surface area contributed by atoms with Crippen LogP contribution in [0.1, 0.15) is 51.5 Å². The summed E-state index contributed by atoms with van der Waals surface area (Å²) in [5.74, 6) is -0.0689. The lowest BCUT2D eigenvalue weighted by Gasteiger charge is -2.37. The number of piperidine rings is 2. The van der Waals surface area contributed by atoms with Gasteiger partial charge >= 0.3 is 0 Å². The molecule has 2 saturated heterocycles. The molecule has 4 aromatic rings. The number of hydrogen-bond acceptors (Lipinski definition) is 7. The van der Waals surface area contributed by atoms with E-state index in [0.717, 1.165) is 86.7 Å². The monoisotopic (exact) mass is 641 g/mol. The predicted octanol–water partition coefficient (Wildman–Crippen LogP) is 6.30. The number of carboxylic acid groups (broad SMARTS) is 2. The summed E-state index contributed by atoms with van der Waals surface area (Å²) in [6, 6.07) is 24.3. The molecule has 0 radical (unpaired) electrons. The first-order valence-corrected chi connectivity index (χ1v) is 15.8. The van der Waals surface area contributed by atoms with Crippen molar-refractivity contribution in [1.82, 2.24) is 15.5 Å². The average Bonchev–Trinajstić information content (AvgIpc) is 3.62. The highest BCUT2D eigenvalue weighted by molar-refractivity contribution is 5.99. The molecule has 0 bridgehead atoms. The second-order valence-electron chi connectivity index (χ2n) is 11.6. The molecule has 11 heteroatoms. The van der Waals surface area contributed by atoms with Crippen LogP contribution in [0.3, 0.4) is 0 Å². The number of hydrogen-bond donors (Lipinski definition) is 5. The molecule has 0 aliphatic carbocycles. The SMILES string of the molecule is CC(=O)O.CC(=O)O.O=C(Nc1ccc(Oc2cccc(N3CCCCC3)c2)cc1)C1(c2ccc(-c3cn[nH]c3)cc2)CCNCC1. The number of benzene rings is 3. The molecular formula is C36H43N5O6. The van der Waals surface area contributed by atoms with Gasteiger partial charge in [-0.25, -0.2) is 0 Å². The van der Waals surface area contributed by atoms with Crippen molar-refractivity contribution in [1.29, 1.82) is 0 Å². The summed E-state index contributed by atoms with van der Waals surface area (Å²) >= 11 is 0. The van der Waals surface area contributed by atoms with Crippen LogP contribution < -0.4 is 20.3 Å². The molecular weight excluding hydrogens is 598 g/mol.